The quantitative estimate of drug-likeness (QED) is 0.339. The molecular weight excluding hydrogens is 397 g/mol. The Balaban J connectivity index is 1.84. The molecule has 4 aromatic rings. The Labute approximate surface area is 171 Å². The van der Waals surface area contributed by atoms with Crippen molar-refractivity contribution in [1.82, 2.24) is 4.40 Å². The van der Waals surface area contributed by atoms with Gasteiger partial charge in [-0.3, -0.25) is 4.79 Å². The van der Waals surface area contributed by atoms with Crippen LogP contribution in [-0.4, -0.2) is 10.2 Å². The number of carbonyl (C=O) groups is 1. The first-order chi connectivity index (χ1) is 13.0. The highest BCUT2D eigenvalue weighted by Gasteiger charge is 2.22. The number of rotatable bonds is 4. The van der Waals surface area contributed by atoms with Crippen molar-refractivity contribution in [3.63, 3.8) is 0 Å². The molecule has 0 aliphatic heterocycles. The molecule has 5 heteroatoms. The first kappa shape index (κ1) is 18.2. The predicted molar refractivity (Wildman–Crippen MR) is 113 cm³/mol. The zero-order valence-corrected chi connectivity index (χ0v) is 16.8. The van der Waals surface area contributed by atoms with Crippen LogP contribution >= 0.6 is 35.0 Å². The summed E-state index contributed by atoms with van der Waals surface area (Å²) in [5, 5.41) is 1.32. The van der Waals surface area contributed by atoms with Gasteiger partial charge in [-0.15, -0.1) is 0 Å². The number of fused-ring (bicyclic) bond motifs is 1. The number of hydrogen-bond acceptors (Lipinski definition) is 2. The van der Waals surface area contributed by atoms with Crippen molar-refractivity contribution in [2.45, 2.75) is 16.7 Å². The summed E-state index contributed by atoms with van der Waals surface area (Å²) in [5.74, 6) is -0.0201. The number of hydrogen-bond donors (Lipinski definition) is 0. The van der Waals surface area contributed by atoms with Gasteiger partial charge in [0, 0.05) is 31.6 Å². The van der Waals surface area contributed by atoms with E-state index in [4.69, 9.17) is 23.2 Å². The van der Waals surface area contributed by atoms with Gasteiger partial charge in [-0.1, -0.05) is 41.0 Å². The van der Waals surface area contributed by atoms with Gasteiger partial charge in [0.05, 0.1) is 11.2 Å². The van der Waals surface area contributed by atoms with Crippen LogP contribution in [0.25, 0.3) is 5.52 Å². The largest absolute Gasteiger partial charge is 0.312 e. The van der Waals surface area contributed by atoms with E-state index in [-0.39, 0.29) is 5.78 Å². The molecule has 0 bridgehead atoms. The van der Waals surface area contributed by atoms with Crippen LogP contribution in [0.2, 0.25) is 10.0 Å². The molecule has 2 heterocycles. The average molecular weight is 412 g/mol. The number of carbonyl (C=O) groups excluding carboxylic acids is 1. The van der Waals surface area contributed by atoms with Gasteiger partial charge < -0.3 is 4.40 Å². The molecule has 0 unspecified atom stereocenters. The van der Waals surface area contributed by atoms with E-state index in [1.807, 2.05) is 60.0 Å². The van der Waals surface area contributed by atoms with E-state index < -0.39 is 0 Å². The number of ketones is 1. The summed E-state index contributed by atoms with van der Waals surface area (Å²) in [6.07, 6.45) is 1.93. The van der Waals surface area contributed by atoms with Crippen LogP contribution in [0.1, 0.15) is 21.6 Å². The summed E-state index contributed by atoms with van der Waals surface area (Å²) in [4.78, 5) is 15.4. The summed E-state index contributed by atoms with van der Waals surface area (Å²) < 4.78 is 1.96. The summed E-state index contributed by atoms with van der Waals surface area (Å²) in [6.45, 7) is 1.99. The zero-order valence-electron chi connectivity index (χ0n) is 14.4. The first-order valence-electron chi connectivity index (χ1n) is 8.38. The Bertz CT molecular complexity index is 1130. The van der Waals surface area contributed by atoms with Crippen LogP contribution < -0.4 is 0 Å². The van der Waals surface area contributed by atoms with Crippen molar-refractivity contribution >= 4 is 46.3 Å². The summed E-state index contributed by atoms with van der Waals surface area (Å²) in [7, 11) is 0. The van der Waals surface area contributed by atoms with Crippen molar-refractivity contribution in [2.24, 2.45) is 0 Å². The van der Waals surface area contributed by atoms with Gasteiger partial charge in [0.15, 0.2) is 0 Å². The Morgan fingerprint density at radius 2 is 1.52 bits per heavy atom. The first-order valence-corrected chi connectivity index (χ1v) is 9.95. The third kappa shape index (κ3) is 3.51. The molecule has 0 amide bonds. The molecule has 2 aromatic carbocycles. The van der Waals surface area contributed by atoms with Crippen LogP contribution in [-0.2, 0) is 0 Å². The summed E-state index contributed by atoms with van der Waals surface area (Å²) in [6, 6.07) is 20.7. The van der Waals surface area contributed by atoms with Gasteiger partial charge in [-0.05, 0) is 73.2 Å². The van der Waals surface area contributed by atoms with Crippen LogP contribution in [0.3, 0.4) is 0 Å². The smallest absolute Gasteiger partial charge is 0.210 e. The number of halogens is 2. The highest BCUT2D eigenvalue weighted by Crippen LogP contribution is 2.38. The second-order valence-electron chi connectivity index (χ2n) is 6.15. The number of aromatic nitrogens is 1. The van der Waals surface area contributed by atoms with E-state index in [0.29, 0.717) is 21.3 Å². The van der Waals surface area contributed by atoms with Crippen LogP contribution in [0.15, 0.2) is 82.7 Å². The molecule has 2 nitrogen and oxygen atoms in total. The maximum absolute atomic E-state index is 13.2. The summed E-state index contributed by atoms with van der Waals surface area (Å²) in [5.41, 5.74) is 3.26. The minimum absolute atomic E-state index is 0.0201. The maximum Gasteiger partial charge on any atom is 0.210 e. The Morgan fingerprint density at radius 1 is 0.889 bits per heavy atom. The second-order valence-corrected chi connectivity index (χ2v) is 8.11. The van der Waals surface area contributed by atoms with Gasteiger partial charge in [-0.25, -0.2) is 0 Å². The molecule has 27 heavy (non-hydrogen) atoms. The van der Waals surface area contributed by atoms with E-state index in [2.05, 4.69) is 0 Å². The lowest BCUT2D eigenvalue weighted by Crippen LogP contribution is -2.06. The fraction of sp³-hybridized carbons (Fsp3) is 0.0455. The van der Waals surface area contributed by atoms with Crippen LogP contribution in [0.4, 0.5) is 0 Å². The topological polar surface area (TPSA) is 21.5 Å². The van der Waals surface area contributed by atoms with Crippen molar-refractivity contribution in [3.05, 3.63) is 99.8 Å². The lowest BCUT2D eigenvalue weighted by Gasteiger charge is -2.04. The van der Waals surface area contributed by atoms with Gasteiger partial charge in [0.1, 0.15) is 0 Å². The monoisotopic (exact) mass is 411 g/mol. The number of nitrogens with zero attached hydrogens (tertiary/aromatic N) is 1. The lowest BCUT2D eigenvalue weighted by molar-refractivity contribution is 0.103. The Hall–Kier alpha value is -2.20. The molecule has 0 N–H and O–H groups in total. The molecule has 0 radical (unpaired) electrons. The highest BCUT2D eigenvalue weighted by molar-refractivity contribution is 7.99. The van der Waals surface area contributed by atoms with Gasteiger partial charge in [0.25, 0.3) is 0 Å². The van der Waals surface area contributed by atoms with E-state index in [9.17, 15) is 4.79 Å². The Morgan fingerprint density at radius 3 is 2.19 bits per heavy atom. The highest BCUT2D eigenvalue weighted by atomic mass is 35.5. The molecule has 0 aliphatic rings. The number of benzene rings is 2. The molecule has 0 saturated heterocycles. The van der Waals surface area contributed by atoms with Crippen molar-refractivity contribution in [1.29, 1.82) is 0 Å². The van der Waals surface area contributed by atoms with E-state index in [1.54, 1.807) is 36.0 Å². The molecule has 4 rings (SSSR count). The van der Waals surface area contributed by atoms with E-state index in [0.717, 1.165) is 20.9 Å². The average Bonchev–Trinajstić information content (AvgIpc) is 2.95. The van der Waals surface area contributed by atoms with Crippen molar-refractivity contribution < 1.29 is 4.79 Å². The fourth-order valence-corrected chi connectivity index (χ4v) is 4.35. The molecule has 0 aliphatic carbocycles. The van der Waals surface area contributed by atoms with Crippen molar-refractivity contribution in [2.75, 3.05) is 0 Å². The van der Waals surface area contributed by atoms with Gasteiger partial charge in [-0.2, -0.15) is 0 Å². The predicted octanol–water partition coefficient (Wildman–Crippen LogP) is 6.94. The lowest BCUT2D eigenvalue weighted by atomic mass is 10.1. The SMILES string of the molecule is Cc1c(Sc2ccc(Cl)cc2)c2ccccn2c1C(=O)c1ccc(Cl)cc1. The molecule has 0 fully saturated rings. The molecule has 0 saturated carbocycles. The number of pyridine rings is 1. The summed E-state index contributed by atoms with van der Waals surface area (Å²) >= 11 is 13.6. The maximum atomic E-state index is 13.2. The van der Waals surface area contributed by atoms with Gasteiger partial charge in [0.2, 0.25) is 5.78 Å². The van der Waals surface area contributed by atoms with Crippen LogP contribution in [0.5, 0.6) is 0 Å². The molecule has 0 spiro atoms. The van der Waals surface area contributed by atoms with Crippen molar-refractivity contribution in [3.8, 4) is 0 Å². The van der Waals surface area contributed by atoms with E-state index in [1.165, 1.54) is 0 Å². The van der Waals surface area contributed by atoms with Crippen LogP contribution in [0, 0.1) is 6.92 Å². The van der Waals surface area contributed by atoms with Gasteiger partial charge >= 0.3 is 0 Å². The minimum atomic E-state index is -0.0201. The minimum Gasteiger partial charge on any atom is -0.312 e. The fourth-order valence-electron chi connectivity index (χ4n) is 3.07. The Kier molecular flexibility index (Phi) is 5.00. The van der Waals surface area contributed by atoms with E-state index >= 15 is 0 Å². The molecule has 134 valence electrons. The second kappa shape index (κ2) is 7.43. The standard InChI is InChI=1S/C22H15Cl2NOS/c1-14-20(21(26)15-5-7-16(23)8-6-15)25-13-3-2-4-19(25)22(14)27-18-11-9-17(24)10-12-18/h2-13H,1H3. The molecule has 0 atom stereocenters. The third-order valence-corrected chi connectivity index (χ3v) is 6.12. The third-order valence-electron chi connectivity index (χ3n) is 4.38. The zero-order chi connectivity index (χ0) is 19.0. The normalized spacial score (nSPS) is 11.1. The molecule has 2 aromatic heterocycles. The molecular formula is C22H15Cl2NOS.